The van der Waals surface area contributed by atoms with E-state index in [9.17, 15) is 10.1 Å². The molecule has 1 unspecified atom stereocenters. The number of nitrogens with zero attached hydrogens (tertiary/aromatic N) is 1. The molecule has 1 aliphatic rings. The highest BCUT2D eigenvalue weighted by Crippen LogP contribution is 2.34. The van der Waals surface area contributed by atoms with E-state index in [0.29, 0.717) is 6.61 Å². The normalized spacial score (nSPS) is 16.9. The molecule has 0 fully saturated rings. The first-order chi connectivity index (χ1) is 9.74. The van der Waals surface area contributed by atoms with E-state index in [0.717, 1.165) is 23.4 Å². The largest absolute Gasteiger partial charge is 0.493 e. The number of nitro groups is 1. The zero-order valence-electron chi connectivity index (χ0n) is 10.8. The highest BCUT2D eigenvalue weighted by atomic mass is 16.6. The van der Waals surface area contributed by atoms with E-state index in [-0.39, 0.29) is 16.7 Å². The van der Waals surface area contributed by atoms with Gasteiger partial charge in [-0.1, -0.05) is 24.3 Å². The molecule has 0 bridgehead atoms. The van der Waals surface area contributed by atoms with Gasteiger partial charge in [0.1, 0.15) is 5.75 Å². The molecule has 102 valence electrons. The number of benzene rings is 2. The summed E-state index contributed by atoms with van der Waals surface area (Å²) in [5, 5.41) is 14.1. The molecular formula is C15H14N2O3. The molecule has 1 N–H and O–H groups in total. The zero-order valence-corrected chi connectivity index (χ0v) is 10.8. The van der Waals surface area contributed by atoms with Crippen LogP contribution in [0.3, 0.4) is 0 Å². The molecule has 0 amide bonds. The molecule has 0 saturated carbocycles. The van der Waals surface area contributed by atoms with Crippen LogP contribution in [0.15, 0.2) is 48.5 Å². The number of hydrogen-bond donors (Lipinski definition) is 1. The fraction of sp³-hybridized carbons (Fsp3) is 0.200. The second kappa shape index (κ2) is 5.21. The fourth-order valence-electron chi connectivity index (χ4n) is 2.40. The lowest BCUT2D eigenvalue weighted by Gasteiger charge is -2.27. The molecule has 2 aromatic carbocycles. The number of rotatable bonds is 3. The van der Waals surface area contributed by atoms with Crippen LogP contribution in [0.1, 0.15) is 18.0 Å². The van der Waals surface area contributed by atoms with Gasteiger partial charge in [-0.05, 0) is 12.1 Å². The maximum Gasteiger partial charge on any atom is 0.271 e. The second-order valence-electron chi connectivity index (χ2n) is 4.68. The number of anilines is 1. The summed E-state index contributed by atoms with van der Waals surface area (Å²) in [7, 11) is 0. The Morgan fingerprint density at radius 2 is 2.05 bits per heavy atom. The van der Waals surface area contributed by atoms with Crippen molar-refractivity contribution in [2.24, 2.45) is 0 Å². The summed E-state index contributed by atoms with van der Waals surface area (Å²) in [6.07, 6.45) is 0.833. The van der Waals surface area contributed by atoms with E-state index in [4.69, 9.17) is 4.74 Å². The Morgan fingerprint density at radius 3 is 2.90 bits per heavy atom. The van der Waals surface area contributed by atoms with Gasteiger partial charge in [0.25, 0.3) is 5.69 Å². The number of hydrogen-bond acceptors (Lipinski definition) is 4. The first-order valence-electron chi connectivity index (χ1n) is 6.47. The Morgan fingerprint density at radius 1 is 1.20 bits per heavy atom. The van der Waals surface area contributed by atoms with Gasteiger partial charge in [0.15, 0.2) is 0 Å². The molecule has 0 spiro atoms. The second-order valence-corrected chi connectivity index (χ2v) is 4.68. The molecule has 0 aromatic heterocycles. The first-order valence-corrected chi connectivity index (χ1v) is 6.47. The molecule has 5 nitrogen and oxygen atoms in total. The van der Waals surface area contributed by atoms with Gasteiger partial charge in [0.2, 0.25) is 0 Å². The van der Waals surface area contributed by atoms with Crippen molar-refractivity contribution < 1.29 is 9.66 Å². The van der Waals surface area contributed by atoms with Gasteiger partial charge >= 0.3 is 0 Å². The Balaban J connectivity index is 1.85. The Hall–Kier alpha value is -2.56. The van der Waals surface area contributed by atoms with Crippen LogP contribution in [0, 0.1) is 10.1 Å². The number of nitrogens with one attached hydrogen (secondary N) is 1. The third-order valence-electron chi connectivity index (χ3n) is 3.36. The minimum atomic E-state index is -0.386. The summed E-state index contributed by atoms with van der Waals surface area (Å²) >= 11 is 0. The number of para-hydroxylation sites is 1. The van der Waals surface area contributed by atoms with Crippen LogP contribution in [-0.4, -0.2) is 11.5 Å². The van der Waals surface area contributed by atoms with Crippen molar-refractivity contribution in [1.29, 1.82) is 0 Å². The van der Waals surface area contributed by atoms with Gasteiger partial charge in [0, 0.05) is 29.8 Å². The van der Waals surface area contributed by atoms with Crippen molar-refractivity contribution in [2.75, 3.05) is 11.9 Å². The summed E-state index contributed by atoms with van der Waals surface area (Å²) in [6.45, 7) is 0.642. The standard InChI is InChI=1S/C15H14N2O3/c18-17(19)12-5-3-4-11(10-12)16-14-8-9-20-15-7-2-1-6-13(14)15/h1-7,10,14,16H,8-9H2. The summed E-state index contributed by atoms with van der Waals surface area (Å²) in [5.74, 6) is 0.877. The van der Waals surface area contributed by atoms with Crippen LogP contribution in [0.5, 0.6) is 5.75 Å². The summed E-state index contributed by atoms with van der Waals surface area (Å²) in [4.78, 5) is 10.4. The highest BCUT2D eigenvalue weighted by Gasteiger charge is 2.21. The van der Waals surface area contributed by atoms with Crippen LogP contribution in [0.2, 0.25) is 0 Å². The minimum Gasteiger partial charge on any atom is -0.493 e. The SMILES string of the molecule is O=[N+]([O-])c1cccc(NC2CCOc3ccccc32)c1. The predicted molar refractivity (Wildman–Crippen MR) is 76.0 cm³/mol. The molecule has 5 heteroatoms. The Kier molecular flexibility index (Phi) is 3.25. The molecule has 0 radical (unpaired) electrons. The van der Waals surface area contributed by atoms with E-state index in [1.54, 1.807) is 12.1 Å². The predicted octanol–water partition coefficient (Wildman–Crippen LogP) is 3.53. The van der Waals surface area contributed by atoms with E-state index < -0.39 is 0 Å². The van der Waals surface area contributed by atoms with Crippen molar-refractivity contribution in [3.8, 4) is 5.75 Å². The van der Waals surface area contributed by atoms with E-state index in [1.165, 1.54) is 6.07 Å². The topological polar surface area (TPSA) is 64.4 Å². The third kappa shape index (κ3) is 2.42. The zero-order chi connectivity index (χ0) is 13.9. The van der Waals surface area contributed by atoms with Crippen LogP contribution in [-0.2, 0) is 0 Å². The molecule has 20 heavy (non-hydrogen) atoms. The third-order valence-corrected chi connectivity index (χ3v) is 3.36. The number of non-ortho nitro benzene ring substituents is 1. The van der Waals surface area contributed by atoms with E-state index >= 15 is 0 Å². The van der Waals surface area contributed by atoms with Crippen LogP contribution >= 0.6 is 0 Å². The van der Waals surface area contributed by atoms with Crippen LogP contribution in [0.25, 0.3) is 0 Å². The lowest BCUT2D eigenvalue weighted by Crippen LogP contribution is -2.20. The Bertz CT molecular complexity index is 643. The molecular weight excluding hydrogens is 256 g/mol. The highest BCUT2D eigenvalue weighted by molar-refractivity contribution is 5.53. The lowest BCUT2D eigenvalue weighted by molar-refractivity contribution is -0.384. The van der Waals surface area contributed by atoms with Crippen molar-refractivity contribution in [3.05, 3.63) is 64.2 Å². The first kappa shape index (κ1) is 12.5. The average molecular weight is 270 g/mol. The van der Waals surface area contributed by atoms with Crippen molar-refractivity contribution >= 4 is 11.4 Å². The number of fused-ring (bicyclic) bond motifs is 1. The van der Waals surface area contributed by atoms with E-state index in [1.807, 2.05) is 30.3 Å². The van der Waals surface area contributed by atoms with Crippen molar-refractivity contribution in [3.63, 3.8) is 0 Å². The van der Waals surface area contributed by atoms with Gasteiger partial charge in [-0.2, -0.15) is 0 Å². The van der Waals surface area contributed by atoms with Crippen LogP contribution in [0.4, 0.5) is 11.4 Å². The molecule has 0 saturated heterocycles. The molecule has 1 atom stereocenters. The summed E-state index contributed by atoms with van der Waals surface area (Å²) < 4.78 is 5.61. The van der Waals surface area contributed by atoms with Gasteiger partial charge in [-0.25, -0.2) is 0 Å². The van der Waals surface area contributed by atoms with Gasteiger partial charge in [0.05, 0.1) is 17.6 Å². The van der Waals surface area contributed by atoms with Crippen molar-refractivity contribution in [1.82, 2.24) is 0 Å². The molecule has 3 rings (SSSR count). The molecule has 2 aromatic rings. The van der Waals surface area contributed by atoms with Gasteiger partial charge < -0.3 is 10.1 Å². The maximum atomic E-state index is 10.8. The molecule has 0 aliphatic carbocycles. The molecule has 1 aliphatic heterocycles. The minimum absolute atomic E-state index is 0.0929. The quantitative estimate of drug-likeness (QED) is 0.684. The molecule has 1 heterocycles. The fourth-order valence-corrected chi connectivity index (χ4v) is 2.40. The monoisotopic (exact) mass is 270 g/mol. The lowest BCUT2D eigenvalue weighted by atomic mass is 10.0. The smallest absolute Gasteiger partial charge is 0.271 e. The van der Waals surface area contributed by atoms with Crippen molar-refractivity contribution in [2.45, 2.75) is 12.5 Å². The summed E-state index contributed by atoms with van der Waals surface area (Å²) in [6, 6.07) is 14.5. The summed E-state index contributed by atoms with van der Waals surface area (Å²) in [5.41, 5.74) is 1.93. The number of ether oxygens (including phenoxy) is 1. The maximum absolute atomic E-state index is 10.8. The Labute approximate surface area is 116 Å². The van der Waals surface area contributed by atoms with E-state index in [2.05, 4.69) is 5.32 Å². The van der Waals surface area contributed by atoms with Crippen LogP contribution < -0.4 is 10.1 Å². The number of nitro benzene ring substituents is 1. The average Bonchev–Trinajstić information content (AvgIpc) is 2.48. The van der Waals surface area contributed by atoms with Gasteiger partial charge in [-0.3, -0.25) is 10.1 Å². The van der Waals surface area contributed by atoms with Gasteiger partial charge in [-0.15, -0.1) is 0 Å².